The molecule has 4 rings (SSSR count). The van der Waals surface area contributed by atoms with Crippen LogP contribution in [-0.4, -0.2) is 11.1 Å². The van der Waals surface area contributed by atoms with Gasteiger partial charge in [0, 0.05) is 29.2 Å². The Morgan fingerprint density at radius 3 is 1.90 bits per heavy atom. The average molecular weight is 408 g/mol. The lowest BCUT2D eigenvalue weighted by molar-refractivity contribution is -0.384. The van der Waals surface area contributed by atoms with Crippen molar-refractivity contribution in [1.29, 1.82) is 0 Å². The van der Waals surface area contributed by atoms with Crippen LogP contribution in [-0.2, 0) is 0 Å². The van der Waals surface area contributed by atoms with Crippen LogP contribution in [0, 0.1) is 10.1 Å². The Morgan fingerprint density at radius 2 is 1.32 bits per heavy atom. The molecule has 0 amide bonds. The van der Waals surface area contributed by atoms with Crippen molar-refractivity contribution in [3.8, 4) is 0 Å². The van der Waals surface area contributed by atoms with E-state index < -0.39 is 4.92 Å². The molecule has 6 heteroatoms. The van der Waals surface area contributed by atoms with Gasteiger partial charge >= 0.3 is 0 Å². The molecule has 6 nitrogen and oxygen atoms in total. The zero-order valence-corrected chi connectivity index (χ0v) is 16.6. The summed E-state index contributed by atoms with van der Waals surface area (Å²) in [5.41, 5.74) is 7.49. The van der Waals surface area contributed by atoms with E-state index in [2.05, 4.69) is 39.7 Å². The summed E-state index contributed by atoms with van der Waals surface area (Å²) in [5, 5.41) is 15.1. The maximum absolute atomic E-state index is 10.9. The first-order valence-electron chi connectivity index (χ1n) is 9.74. The lowest BCUT2D eigenvalue weighted by Gasteiger charge is -2.25. The van der Waals surface area contributed by atoms with Crippen LogP contribution in [0.5, 0.6) is 0 Å². The molecule has 0 atom stereocenters. The molecule has 1 N–H and O–H groups in total. The van der Waals surface area contributed by atoms with Gasteiger partial charge in [0.25, 0.3) is 5.69 Å². The Balaban J connectivity index is 1.53. The van der Waals surface area contributed by atoms with Gasteiger partial charge in [-0.15, -0.1) is 0 Å². The third-order valence-corrected chi connectivity index (χ3v) is 4.64. The van der Waals surface area contributed by atoms with Crippen molar-refractivity contribution in [1.82, 2.24) is 0 Å². The molecule has 0 spiro atoms. The van der Waals surface area contributed by atoms with Crippen LogP contribution in [0.15, 0.2) is 114 Å². The van der Waals surface area contributed by atoms with E-state index in [0.29, 0.717) is 5.69 Å². The fourth-order valence-corrected chi connectivity index (χ4v) is 3.18. The second-order valence-electron chi connectivity index (χ2n) is 6.78. The number of hydrazone groups is 1. The monoisotopic (exact) mass is 408 g/mol. The Labute approximate surface area is 180 Å². The van der Waals surface area contributed by atoms with Crippen molar-refractivity contribution >= 4 is 34.7 Å². The summed E-state index contributed by atoms with van der Waals surface area (Å²) in [6, 6.07) is 34.6. The minimum Gasteiger partial charge on any atom is -0.311 e. The molecule has 0 heterocycles. The van der Waals surface area contributed by atoms with Crippen molar-refractivity contribution in [2.75, 3.05) is 10.3 Å². The number of hydrogen-bond acceptors (Lipinski definition) is 5. The maximum Gasteiger partial charge on any atom is 0.271 e. The van der Waals surface area contributed by atoms with Crippen LogP contribution in [0.4, 0.5) is 28.4 Å². The topological polar surface area (TPSA) is 70.8 Å². The molecule has 0 radical (unpaired) electrons. The van der Waals surface area contributed by atoms with Gasteiger partial charge in [0.05, 0.1) is 16.8 Å². The van der Waals surface area contributed by atoms with Gasteiger partial charge in [0.2, 0.25) is 0 Å². The highest BCUT2D eigenvalue weighted by molar-refractivity contribution is 5.83. The largest absolute Gasteiger partial charge is 0.311 e. The molecule has 0 unspecified atom stereocenters. The van der Waals surface area contributed by atoms with Crippen LogP contribution in [0.1, 0.15) is 5.56 Å². The first-order chi connectivity index (χ1) is 15.2. The number of rotatable bonds is 7. The summed E-state index contributed by atoms with van der Waals surface area (Å²) in [6.45, 7) is 0. The average Bonchev–Trinajstić information content (AvgIpc) is 2.82. The van der Waals surface area contributed by atoms with Crippen LogP contribution in [0.3, 0.4) is 0 Å². The van der Waals surface area contributed by atoms with E-state index >= 15 is 0 Å². The normalized spacial score (nSPS) is 10.7. The van der Waals surface area contributed by atoms with Crippen molar-refractivity contribution in [3.63, 3.8) is 0 Å². The van der Waals surface area contributed by atoms with Crippen LogP contribution >= 0.6 is 0 Å². The van der Waals surface area contributed by atoms with E-state index in [1.165, 1.54) is 12.1 Å². The summed E-state index contributed by atoms with van der Waals surface area (Å²) in [5.74, 6) is 0. The second kappa shape index (κ2) is 9.37. The van der Waals surface area contributed by atoms with Crippen molar-refractivity contribution < 1.29 is 4.92 Å². The smallest absolute Gasteiger partial charge is 0.271 e. The predicted octanol–water partition coefficient (Wildman–Crippen LogP) is 6.51. The number of non-ortho nitro benzene ring substituents is 1. The quantitative estimate of drug-likeness (QED) is 0.215. The summed E-state index contributed by atoms with van der Waals surface area (Å²) >= 11 is 0. The van der Waals surface area contributed by atoms with Gasteiger partial charge in [-0.05, 0) is 48.0 Å². The standard InChI is InChI=1S/C25H20N4O2/c30-29(31)25-13-7-8-21(18-25)27-26-19-20-14-16-24(17-15-20)28(22-9-3-1-4-10-22)23-11-5-2-6-12-23/h1-19,27H. The van der Waals surface area contributed by atoms with Gasteiger partial charge in [-0.2, -0.15) is 5.10 Å². The van der Waals surface area contributed by atoms with E-state index in [-0.39, 0.29) is 5.69 Å². The number of nitrogens with zero attached hydrogens (tertiary/aromatic N) is 3. The molecular formula is C25H20N4O2. The molecule has 0 aliphatic rings. The van der Waals surface area contributed by atoms with Gasteiger partial charge in [-0.1, -0.05) is 54.6 Å². The number of nitrogens with one attached hydrogen (secondary N) is 1. The fourth-order valence-electron chi connectivity index (χ4n) is 3.18. The van der Waals surface area contributed by atoms with Gasteiger partial charge < -0.3 is 4.90 Å². The third kappa shape index (κ3) is 4.94. The highest BCUT2D eigenvalue weighted by Gasteiger charge is 2.11. The number of para-hydroxylation sites is 2. The summed E-state index contributed by atoms with van der Waals surface area (Å²) < 4.78 is 0. The third-order valence-electron chi connectivity index (χ3n) is 4.64. The highest BCUT2D eigenvalue weighted by atomic mass is 16.6. The molecule has 0 aromatic heterocycles. The Kier molecular flexibility index (Phi) is 6.00. The molecule has 0 aliphatic carbocycles. The van der Waals surface area contributed by atoms with E-state index in [4.69, 9.17) is 0 Å². The van der Waals surface area contributed by atoms with Crippen molar-refractivity contribution in [2.45, 2.75) is 0 Å². The van der Waals surface area contributed by atoms with E-state index in [9.17, 15) is 10.1 Å². The SMILES string of the molecule is O=[N+]([O-])c1cccc(NN=Cc2ccc(N(c3ccccc3)c3ccccc3)cc2)c1. The molecule has 4 aromatic carbocycles. The Bertz CT molecular complexity index is 1140. The molecular weight excluding hydrogens is 388 g/mol. The number of benzene rings is 4. The van der Waals surface area contributed by atoms with Crippen molar-refractivity contribution in [2.24, 2.45) is 5.10 Å². The zero-order chi connectivity index (χ0) is 21.5. The van der Waals surface area contributed by atoms with Gasteiger partial charge in [0.15, 0.2) is 0 Å². The van der Waals surface area contributed by atoms with E-state index in [0.717, 1.165) is 22.6 Å². The van der Waals surface area contributed by atoms with E-state index in [1.807, 2.05) is 60.7 Å². The van der Waals surface area contributed by atoms with Gasteiger partial charge in [-0.25, -0.2) is 0 Å². The van der Waals surface area contributed by atoms with Gasteiger partial charge in [0.1, 0.15) is 0 Å². The molecule has 0 fully saturated rings. The minimum atomic E-state index is -0.432. The minimum absolute atomic E-state index is 0.0199. The first-order valence-corrected chi connectivity index (χ1v) is 9.74. The van der Waals surface area contributed by atoms with Gasteiger partial charge in [-0.3, -0.25) is 15.5 Å². The number of nitro benzene ring substituents is 1. The summed E-state index contributed by atoms with van der Waals surface area (Å²) in [4.78, 5) is 12.6. The fraction of sp³-hybridized carbons (Fsp3) is 0. The number of hydrogen-bond donors (Lipinski definition) is 1. The lowest BCUT2D eigenvalue weighted by Crippen LogP contribution is -2.09. The first kappa shape index (κ1) is 19.8. The molecule has 0 saturated heterocycles. The Morgan fingerprint density at radius 1 is 0.742 bits per heavy atom. The second-order valence-corrected chi connectivity index (χ2v) is 6.78. The zero-order valence-electron chi connectivity index (χ0n) is 16.6. The lowest BCUT2D eigenvalue weighted by atomic mass is 10.1. The maximum atomic E-state index is 10.9. The van der Waals surface area contributed by atoms with Crippen molar-refractivity contribution in [3.05, 3.63) is 125 Å². The number of anilines is 4. The summed E-state index contributed by atoms with van der Waals surface area (Å²) in [6.07, 6.45) is 1.68. The van der Waals surface area contributed by atoms with E-state index in [1.54, 1.807) is 18.3 Å². The van der Waals surface area contributed by atoms with Crippen LogP contribution in [0.25, 0.3) is 0 Å². The predicted molar refractivity (Wildman–Crippen MR) is 125 cm³/mol. The molecule has 31 heavy (non-hydrogen) atoms. The number of nitro groups is 1. The molecule has 0 bridgehead atoms. The molecule has 4 aromatic rings. The molecule has 152 valence electrons. The highest BCUT2D eigenvalue weighted by Crippen LogP contribution is 2.33. The summed E-state index contributed by atoms with van der Waals surface area (Å²) in [7, 11) is 0. The molecule has 0 saturated carbocycles. The molecule has 0 aliphatic heterocycles. The van der Waals surface area contributed by atoms with Crippen LogP contribution < -0.4 is 10.3 Å². The van der Waals surface area contributed by atoms with Crippen LogP contribution in [0.2, 0.25) is 0 Å². The Hall–Kier alpha value is -4.45.